The van der Waals surface area contributed by atoms with E-state index in [0.29, 0.717) is 11.3 Å². The zero-order chi connectivity index (χ0) is 21.2. The number of hydrogen-bond donors (Lipinski definition) is 1. The van der Waals surface area contributed by atoms with Gasteiger partial charge in [0.15, 0.2) is 5.60 Å². The van der Waals surface area contributed by atoms with E-state index in [9.17, 15) is 4.79 Å². The lowest BCUT2D eigenvalue weighted by Crippen LogP contribution is -2.48. The summed E-state index contributed by atoms with van der Waals surface area (Å²) < 4.78 is 12.7. The van der Waals surface area contributed by atoms with Crippen molar-refractivity contribution in [3.05, 3.63) is 77.0 Å². The first-order valence-electron chi connectivity index (χ1n) is 10.0. The van der Waals surface area contributed by atoms with Crippen LogP contribution in [0.1, 0.15) is 21.5 Å². The molecule has 3 atom stereocenters. The third kappa shape index (κ3) is 2.46. The van der Waals surface area contributed by atoms with Crippen LogP contribution in [0.25, 0.3) is 0 Å². The highest BCUT2D eigenvalue weighted by Crippen LogP contribution is 2.56. The maximum atomic E-state index is 12.9. The molecule has 0 saturated carbocycles. The van der Waals surface area contributed by atoms with Crippen molar-refractivity contribution in [2.24, 2.45) is 5.92 Å². The van der Waals surface area contributed by atoms with Crippen molar-refractivity contribution < 1.29 is 14.3 Å². The normalized spacial score (nSPS) is 25.6. The number of nitrogens with two attached hydrogens (primary N) is 1. The SMILES string of the molecule is CN(C)C1=CC2Oc3cc(N(C)C)ccc3C3(OC(=O)c4cc(N)ccc43)C2C=C1. The topological polar surface area (TPSA) is 68.0 Å². The number of benzene rings is 2. The van der Waals surface area contributed by atoms with E-state index in [1.54, 1.807) is 6.07 Å². The van der Waals surface area contributed by atoms with Gasteiger partial charge in [-0.3, -0.25) is 0 Å². The highest BCUT2D eigenvalue weighted by Gasteiger charge is 2.58. The maximum Gasteiger partial charge on any atom is 0.339 e. The van der Waals surface area contributed by atoms with E-state index in [2.05, 4.69) is 18.2 Å². The van der Waals surface area contributed by atoms with Crippen molar-refractivity contribution in [3.63, 3.8) is 0 Å². The largest absolute Gasteiger partial charge is 0.485 e. The van der Waals surface area contributed by atoms with E-state index >= 15 is 0 Å². The van der Waals surface area contributed by atoms with Crippen LogP contribution in [-0.4, -0.2) is 45.2 Å². The molecule has 0 aromatic heterocycles. The molecule has 154 valence electrons. The van der Waals surface area contributed by atoms with Crippen LogP contribution in [0.4, 0.5) is 11.4 Å². The molecule has 2 aromatic carbocycles. The van der Waals surface area contributed by atoms with E-state index < -0.39 is 5.60 Å². The average Bonchev–Trinajstić information content (AvgIpc) is 2.99. The third-order valence-corrected chi connectivity index (χ3v) is 6.21. The van der Waals surface area contributed by atoms with Gasteiger partial charge in [0.05, 0.1) is 11.5 Å². The van der Waals surface area contributed by atoms with Gasteiger partial charge in [0.1, 0.15) is 11.9 Å². The monoisotopic (exact) mass is 403 g/mol. The minimum absolute atomic E-state index is 0.187. The fourth-order valence-corrected chi connectivity index (χ4v) is 4.69. The molecule has 6 heteroatoms. The molecule has 6 nitrogen and oxygen atoms in total. The summed E-state index contributed by atoms with van der Waals surface area (Å²) in [6.07, 6.45) is 5.99. The second-order valence-corrected chi connectivity index (χ2v) is 8.46. The molecule has 1 aliphatic carbocycles. The number of fused-ring (bicyclic) bond motifs is 6. The number of allylic oxidation sites excluding steroid dienone is 1. The average molecular weight is 403 g/mol. The van der Waals surface area contributed by atoms with Gasteiger partial charge >= 0.3 is 5.97 Å². The zero-order valence-electron chi connectivity index (χ0n) is 17.5. The van der Waals surface area contributed by atoms with Gasteiger partial charge in [-0.05, 0) is 36.4 Å². The van der Waals surface area contributed by atoms with Crippen molar-refractivity contribution in [2.75, 3.05) is 38.8 Å². The number of nitrogen functional groups attached to an aromatic ring is 1. The number of nitrogens with zero attached hydrogens (tertiary/aromatic N) is 2. The standard InChI is InChI=1S/C24H25N3O3/c1-26(2)15-6-9-19-21(12-15)29-22-13-16(27(3)4)7-10-20(22)24(19)18-8-5-14(25)11-17(18)23(28)30-24/h5-13,19,21H,25H2,1-4H3. The lowest BCUT2D eigenvalue weighted by molar-refractivity contribution is -0.0420. The second-order valence-electron chi connectivity index (χ2n) is 8.46. The van der Waals surface area contributed by atoms with Crippen molar-refractivity contribution in [1.82, 2.24) is 4.90 Å². The number of carbonyl (C=O) groups excluding carboxylic acids is 1. The molecular weight excluding hydrogens is 378 g/mol. The van der Waals surface area contributed by atoms with Gasteiger partial charge in [-0.25, -0.2) is 4.79 Å². The van der Waals surface area contributed by atoms with Gasteiger partial charge in [0, 0.05) is 62.5 Å². The van der Waals surface area contributed by atoms with Crippen LogP contribution in [-0.2, 0) is 10.3 Å². The van der Waals surface area contributed by atoms with E-state index in [1.165, 1.54) is 0 Å². The minimum atomic E-state index is -0.950. The van der Waals surface area contributed by atoms with E-state index in [1.807, 2.05) is 68.3 Å². The van der Waals surface area contributed by atoms with Gasteiger partial charge in [0.2, 0.25) is 0 Å². The summed E-state index contributed by atoms with van der Waals surface area (Å²) in [6, 6.07) is 11.5. The zero-order valence-corrected chi connectivity index (χ0v) is 17.5. The van der Waals surface area contributed by atoms with Crippen LogP contribution in [0.3, 0.4) is 0 Å². The van der Waals surface area contributed by atoms with Crippen LogP contribution in [0.5, 0.6) is 5.75 Å². The van der Waals surface area contributed by atoms with Gasteiger partial charge in [0.25, 0.3) is 0 Å². The van der Waals surface area contributed by atoms with Crippen molar-refractivity contribution >= 4 is 17.3 Å². The Balaban J connectivity index is 1.77. The van der Waals surface area contributed by atoms with E-state index in [4.69, 9.17) is 15.2 Å². The summed E-state index contributed by atoms with van der Waals surface area (Å²) in [4.78, 5) is 17.0. The Kier molecular flexibility index (Phi) is 3.90. The van der Waals surface area contributed by atoms with Crippen molar-refractivity contribution in [3.8, 4) is 5.75 Å². The first kappa shape index (κ1) is 18.6. The molecule has 2 aliphatic heterocycles. The van der Waals surface area contributed by atoms with Gasteiger partial charge in [-0.1, -0.05) is 12.1 Å². The molecular formula is C24H25N3O3. The Morgan fingerprint density at radius 2 is 1.77 bits per heavy atom. The summed E-state index contributed by atoms with van der Waals surface area (Å²) in [5.41, 5.74) is 9.87. The highest BCUT2D eigenvalue weighted by atomic mass is 16.6. The van der Waals surface area contributed by atoms with Crippen LogP contribution in [0.2, 0.25) is 0 Å². The fourth-order valence-electron chi connectivity index (χ4n) is 4.69. The summed E-state index contributed by atoms with van der Waals surface area (Å²) in [7, 11) is 7.98. The summed E-state index contributed by atoms with van der Waals surface area (Å²) in [5.74, 6) is 0.189. The summed E-state index contributed by atoms with van der Waals surface area (Å²) >= 11 is 0. The first-order chi connectivity index (χ1) is 14.3. The smallest absolute Gasteiger partial charge is 0.339 e. The highest BCUT2D eigenvalue weighted by molar-refractivity contribution is 5.97. The summed E-state index contributed by atoms with van der Waals surface area (Å²) in [6.45, 7) is 0. The maximum absolute atomic E-state index is 12.9. The van der Waals surface area contributed by atoms with Gasteiger partial charge in [-0.15, -0.1) is 0 Å². The molecule has 1 spiro atoms. The Labute approximate surface area is 176 Å². The molecule has 30 heavy (non-hydrogen) atoms. The number of carbonyl (C=O) groups is 1. The molecule has 3 unspecified atom stereocenters. The van der Waals surface area contributed by atoms with Crippen LogP contribution in [0.15, 0.2) is 60.3 Å². The Morgan fingerprint density at radius 1 is 1.00 bits per heavy atom. The lowest BCUT2D eigenvalue weighted by atomic mass is 9.70. The number of rotatable bonds is 2. The van der Waals surface area contributed by atoms with Crippen molar-refractivity contribution in [1.29, 1.82) is 0 Å². The second kappa shape index (κ2) is 6.29. The molecule has 0 fully saturated rings. The number of ether oxygens (including phenoxy) is 2. The predicted molar refractivity (Wildman–Crippen MR) is 117 cm³/mol. The van der Waals surface area contributed by atoms with Crippen LogP contribution >= 0.6 is 0 Å². The first-order valence-corrected chi connectivity index (χ1v) is 10.0. The Bertz CT molecular complexity index is 1120. The van der Waals surface area contributed by atoms with Gasteiger partial charge < -0.3 is 25.0 Å². The van der Waals surface area contributed by atoms with Crippen molar-refractivity contribution in [2.45, 2.75) is 11.7 Å². The molecule has 0 radical (unpaired) electrons. The Hall–Kier alpha value is -3.41. The van der Waals surface area contributed by atoms with E-state index in [0.717, 1.165) is 28.3 Å². The molecule has 5 rings (SSSR count). The Morgan fingerprint density at radius 3 is 2.50 bits per heavy atom. The molecule has 0 bridgehead atoms. The van der Waals surface area contributed by atoms with Crippen LogP contribution < -0.4 is 15.4 Å². The molecule has 2 N–H and O–H groups in total. The molecule has 0 saturated heterocycles. The third-order valence-electron chi connectivity index (χ3n) is 6.21. The molecule has 0 amide bonds. The fraction of sp³-hybridized carbons (Fsp3) is 0.292. The molecule has 2 aromatic rings. The van der Waals surface area contributed by atoms with Crippen LogP contribution in [0, 0.1) is 5.92 Å². The number of anilines is 2. The minimum Gasteiger partial charge on any atom is -0.485 e. The van der Waals surface area contributed by atoms with Gasteiger partial charge in [-0.2, -0.15) is 0 Å². The quantitative estimate of drug-likeness (QED) is 0.614. The number of hydrogen-bond acceptors (Lipinski definition) is 6. The number of esters is 1. The number of likely N-dealkylation sites (N-methyl/N-ethyl adjacent to an activating group) is 1. The lowest BCUT2D eigenvalue weighted by Gasteiger charge is -2.45. The predicted octanol–water partition coefficient (Wildman–Crippen LogP) is 3.14. The molecule has 3 aliphatic rings. The van der Waals surface area contributed by atoms with E-state index in [-0.39, 0.29) is 18.0 Å². The summed E-state index contributed by atoms with van der Waals surface area (Å²) in [5, 5.41) is 0. The molecule has 2 heterocycles.